The van der Waals surface area contributed by atoms with Crippen molar-refractivity contribution < 1.29 is 13.6 Å². The van der Waals surface area contributed by atoms with Crippen LogP contribution in [-0.2, 0) is 19.5 Å². The van der Waals surface area contributed by atoms with Crippen molar-refractivity contribution in [1.82, 2.24) is 19.8 Å². The van der Waals surface area contributed by atoms with Crippen LogP contribution in [0.1, 0.15) is 27.9 Å². The Balaban J connectivity index is 1.39. The second-order valence-corrected chi connectivity index (χ2v) is 9.62. The van der Waals surface area contributed by atoms with Gasteiger partial charge in [0, 0.05) is 49.9 Å². The van der Waals surface area contributed by atoms with Crippen molar-refractivity contribution >= 4 is 38.9 Å². The van der Waals surface area contributed by atoms with E-state index in [1.165, 1.54) is 12.1 Å². The maximum absolute atomic E-state index is 13.5. The summed E-state index contributed by atoms with van der Waals surface area (Å²) in [6, 6.07) is 14.8. The Hall–Kier alpha value is -3.87. The molecule has 1 aliphatic rings. The van der Waals surface area contributed by atoms with Crippen molar-refractivity contribution in [2.24, 2.45) is 0 Å². The number of benzene rings is 2. The van der Waals surface area contributed by atoms with Crippen molar-refractivity contribution in [3.63, 3.8) is 0 Å². The number of hydrogen-bond donors (Lipinski definition) is 1. The molecule has 37 heavy (non-hydrogen) atoms. The van der Waals surface area contributed by atoms with Gasteiger partial charge in [-0.25, -0.2) is 18.6 Å². The van der Waals surface area contributed by atoms with Crippen LogP contribution in [-0.4, -0.2) is 33.6 Å². The number of amides is 1. The third kappa shape index (κ3) is 5.31. The molecule has 1 amide bonds. The normalized spacial score (nSPS) is 13.6. The van der Waals surface area contributed by atoms with Crippen molar-refractivity contribution in [2.45, 2.75) is 19.5 Å². The summed E-state index contributed by atoms with van der Waals surface area (Å²) in [6.07, 6.45) is 6.01. The highest BCUT2D eigenvalue weighted by molar-refractivity contribution is 9.10. The molecule has 0 bridgehead atoms. The van der Waals surface area contributed by atoms with Gasteiger partial charge in [0.1, 0.15) is 4.60 Å². The lowest BCUT2D eigenvalue weighted by Crippen LogP contribution is -2.34. The second kappa shape index (κ2) is 10.6. The molecule has 2 aromatic carbocycles. The molecule has 0 aliphatic carbocycles. The van der Waals surface area contributed by atoms with Gasteiger partial charge in [-0.2, -0.15) is 5.26 Å². The fourth-order valence-corrected chi connectivity index (χ4v) is 5.05. The number of nitrogens with zero attached hydrogens (tertiary/aromatic N) is 4. The topological polar surface area (TPSA) is 74.0 Å². The highest BCUT2D eigenvalue weighted by Crippen LogP contribution is 2.32. The van der Waals surface area contributed by atoms with Crippen molar-refractivity contribution in [3.8, 4) is 6.07 Å². The lowest BCUT2D eigenvalue weighted by molar-refractivity contribution is 0.240. The Labute approximate surface area is 221 Å². The van der Waals surface area contributed by atoms with Crippen LogP contribution in [0.3, 0.4) is 0 Å². The minimum Gasteiger partial charge on any atom is -0.333 e. The average Bonchev–Trinajstić information content (AvgIpc) is 3.22. The van der Waals surface area contributed by atoms with Crippen molar-refractivity contribution in [3.05, 3.63) is 105 Å². The summed E-state index contributed by atoms with van der Waals surface area (Å²) in [7, 11) is 0. The highest BCUT2D eigenvalue weighted by atomic mass is 79.9. The van der Waals surface area contributed by atoms with Crippen LogP contribution in [0.25, 0.3) is 17.0 Å². The van der Waals surface area contributed by atoms with E-state index < -0.39 is 11.6 Å². The summed E-state index contributed by atoms with van der Waals surface area (Å²) in [5.74, 6) is -1.74. The minimum absolute atomic E-state index is 0.226. The molecule has 4 aromatic rings. The lowest BCUT2D eigenvalue weighted by atomic mass is 10.0. The Morgan fingerprint density at radius 2 is 2.03 bits per heavy atom. The monoisotopic (exact) mass is 561 g/mol. The van der Waals surface area contributed by atoms with Gasteiger partial charge in [0.05, 0.1) is 17.1 Å². The number of nitrogens with one attached hydrogen (secondary N) is 1. The quantitative estimate of drug-likeness (QED) is 0.313. The minimum atomic E-state index is -0.874. The number of nitriles is 1. The van der Waals surface area contributed by atoms with E-state index in [2.05, 4.69) is 37.2 Å². The van der Waals surface area contributed by atoms with E-state index in [1.54, 1.807) is 22.9 Å². The Morgan fingerprint density at radius 1 is 1.16 bits per heavy atom. The molecule has 0 unspecified atom stereocenters. The number of hydrogen-bond acceptors (Lipinski definition) is 4. The van der Waals surface area contributed by atoms with E-state index in [9.17, 15) is 18.8 Å². The second-order valence-electron chi connectivity index (χ2n) is 8.81. The maximum Gasteiger partial charge on any atom is 0.326 e. The number of pyridine rings is 1. The number of rotatable bonds is 5. The van der Waals surface area contributed by atoms with E-state index >= 15 is 0 Å². The van der Waals surface area contributed by atoms with Crippen LogP contribution in [0, 0.1) is 23.0 Å². The van der Waals surface area contributed by atoms with Gasteiger partial charge < -0.3 is 5.32 Å². The summed E-state index contributed by atoms with van der Waals surface area (Å²) in [5.41, 5.74) is 4.75. The first-order valence-electron chi connectivity index (χ1n) is 11.7. The zero-order valence-corrected chi connectivity index (χ0v) is 21.3. The van der Waals surface area contributed by atoms with Crippen molar-refractivity contribution in [1.29, 1.82) is 5.26 Å². The fourth-order valence-electron chi connectivity index (χ4n) is 4.63. The summed E-state index contributed by atoms with van der Waals surface area (Å²) >= 11 is 3.35. The number of fused-ring (bicyclic) bond motifs is 3. The van der Waals surface area contributed by atoms with Crippen LogP contribution in [0.4, 0.5) is 13.6 Å². The molecule has 1 aliphatic heterocycles. The lowest BCUT2D eigenvalue weighted by Gasteiger charge is -2.27. The van der Waals surface area contributed by atoms with Gasteiger partial charge in [0.2, 0.25) is 0 Å². The van der Waals surface area contributed by atoms with E-state index in [1.807, 2.05) is 30.3 Å². The molecule has 1 N–H and O–H groups in total. The molecule has 3 heterocycles. The van der Waals surface area contributed by atoms with Crippen LogP contribution in [0.15, 0.2) is 65.4 Å². The molecule has 9 heteroatoms. The molecule has 0 saturated heterocycles. The summed E-state index contributed by atoms with van der Waals surface area (Å²) in [6.45, 7) is 2.28. The highest BCUT2D eigenvalue weighted by Gasteiger charge is 2.26. The molecule has 2 aromatic heterocycles. The SMILES string of the molecule is N#Cc1ccc2c(c1)c1c(n2C(=O)NCc2ccnc(Br)c2)CCN(CC=Cc2ccc(F)c(F)c2)C1. The molecule has 0 atom stereocenters. The van der Waals surface area contributed by atoms with E-state index in [4.69, 9.17) is 0 Å². The standard InChI is InChI=1S/C28H22BrF2N5O/c29-27-14-20(7-9-33-27)16-34-28(37)36-25-6-4-19(15-32)12-21(25)22-17-35(11-8-26(22)36)10-1-2-18-3-5-23(30)24(31)13-18/h1-7,9,12-14H,8,10-11,16-17H2,(H,34,37). The van der Waals surface area contributed by atoms with E-state index in [0.717, 1.165) is 40.3 Å². The van der Waals surface area contributed by atoms with Gasteiger partial charge in [0.15, 0.2) is 11.6 Å². The fraction of sp³-hybridized carbons (Fsp3) is 0.179. The molecular weight excluding hydrogens is 540 g/mol. The smallest absolute Gasteiger partial charge is 0.326 e. The molecule has 0 radical (unpaired) electrons. The van der Waals surface area contributed by atoms with Crippen LogP contribution >= 0.6 is 15.9 Å². The largest absolute Gasteiger partial charge is 0.333 e. The zero-order valence-electron chi connectivity index (χ0n) is 19.7. The number of halogens is 3. The first-order valence-corrected chi connectivity index (χ1v) is 12.5. The van der Waals surface area contributed by atoms with Gasteiger partial charge in [-0.15, -0.1) is 0 Å². The Morgan fingerprint density at radius 3 is 2.81 bits per heavy atom. The number of carbonyl (C=O) groups is 1. The average molecular weight is 562 g/mol. The summed E-state index contributed by atoms with van der Waals surface area (Å²) in [4.78, 5) is 19.7. The first-order chi connectivity index (χ1) is 17.9. The van der Waals surface area contributed by atoms with E-state index in [-0.39, 0.29) is 6.03 Å². The number of aromatic nitrogens is 2. The van der Waals surface area contributed by atoms with E-state index in [0.29, 0.717) is 41.8 Å². The van der Waals surface area contributed by atoms with Gasteiger partial charge in [-0.3, -0.25) is 9.47 Å². The van der Waals surface area contributed by atoms with Gasteiger partial charge in [-0.05, 0) is 75.1 Å². The maximum atomic E-state index is 13.5. The van der Waals surface area contributed by atoms with Gasteiger partial charge in [0.25, 0.3) is 0 Å². The molecule has 0 saturated carbocycles. The zero-order chi connectivity index (χ0) is 25.9. The molecule has 5 rings (SSSR count). The van der Waals surface area contributed by atoms with Gasteiger partial charge >= 0.3 is 6.03 Å². The van der Waals surface area contributed by atoms with Gasteiger partial charge in [-0.1, -0.05) is 18.2 Å². The predicted octanol–water partition coefficient (Wildman–Crippen LogP) is 5.78. The summed E-state index contributed by atoms with van der Waals surface area (Å²) in [5, 5.41) is 13.3. The molecule has 0 spiro atoms. The third-order valence-electron chi connectivity index (χ3n) is 6.41. The predicted molar refractivity (Wildman–Crippen MR) is 141 cm³/mol. The van der Waals surface area contributed by atoms with Crippen LogP contribution in [0.5, 0.6) is 0 Å². The Bertz CT molecular complexity index is 1570. The van der Waals surface area contributed by atoms with Crippen LogP contribution < -0.4 is 5.32 Å². The number of carbonyl (C=O) groups excluding carboxylic acids is 1. The molecule has 6 nitrogen and oxygen atoms in total. The molecule has 0 fully saturated rings. The molecular formula is C28H22BrF2N5O. The summed E-state index contributed by atoms with van der Waals surface area (Å²) < 4.78 is 29.1. The molecule has 186 valence electrons. The van der Waals surface area contributed by atoms with Crippen LogP contribution in [0.2, 0.25) is 0 Å². The van der Waals surface area contributed by atoms with Crippen molar-refractivity contribution in [2.75, 3.05) is 13.1 Å². The first kappa shape index (κ1) is 24.8. The third-order valence-corrected chi connectivity index (χ3v) is 6.85. The Kier molecular flexibility index (Phi) is 7.12.